The van der Waals surface area contributed by atoms with Gasteiger partial charge in [0.15, 0.2) is 0 Å². The molecule has 0 spiro atoms. The van der Waals surface area contributed by atoms with Crippen molar-refractivity contribution < 1.29 is 9.53 Å². The number of hydrogen-bond acceptors (Lipinski definition) is 4. The molecule has 1 aromatic rings. The van der Waals surface area contributed by atoms with E-state index in [9.17, 15) is 4.79 Å². The van der Waals surface area contributed by atoms with Gasteiger partial charge < -0.3 is 15.0 Å². The molecule has 0 aliphatic carbocycles. The fourth-order valence-corrected chi connectivity index (χ4v) is 3.68. The number of amides is 1. The summed E-state index contributed by atoms with van der Waals surface area (Å²) in [5.74, 6) is 1.10. The van der Waals surface area contributed by atoms with E-state index in [2.05, 4.69) is 23.2 Å². The second-order valence-electron chi connectivity index (χ2n) is 6.94. The molecule has 25 heavy (non-hydrogen) atoms. The first kappa shape index (κ1) is 20.0. The summed E-state index contributed by atoms with van der Waals surface area (Å²) in [6.07, 6.45) is 1.56. The van der Waals surface area contributed by atoms with Gasteiger partial charge in [-0.3, -0.25) is 9.69 Å². The van der Waals surface area contributed by atoms with E-state index in [1.165, 1.54) is 5.56 Å². The van der Waals surface area contributed by atoms with Crippen molar-refractivity contribution in [1.82, 2.24) is 15.1 Å². The lowest BCUT2D eigenvalue weighted by molar-refractivity contribution is -0.130. The standard InChI is InChI=1S/C19H29N3O2.ClH/c1-15-3-4-18(16(2)13-15)24-12-6-19(23)22-9-5-17(14-22)21-10-7-20-8-11-21;/h3-4,13,17,20H,5-12,14H2,1-2H3;1H. The molecule has 1 atom stereocenters. The number of aryl methyl sites for hydroxylation is 2. The lowest BCUT2D eigenvalue weighted by Gasteiger charge is -2.32. The third-order valence-electron chi connectivity index (χ3n) is 5.09. The van der Waals surface area contributed by atoms with Crippen molar-refractivity contribution in [3.63, 3.8) is 0 Å². The zero-order valence-corrected chi connectivity index (χ0v) is 16.1. The average molecular weight is 368 g/mol. The van der Waals surface area contributed by atoms with Gasteiger partial charge in [0.1, 0.15) is 5.75 Å². The molecule has 140 valence electrons. The van der Waals surface area contributed by atoms with E-state index in [-0.39, 0.29) is 18.3 Å². The summed E-state index contributed by atoms with van der Waals surface area (Å²) in [6, 6.07) is 6.68. The number of halogens is 1. The van der Waals surface area contributed by atoms with Crippen LogP contribution < -0.4 is 10.1 Å². The molecule has 2 heterocycles. The van der Waals surface area contributed by atoms with Crippen LogP contribution in [0.4, 0.5) is 0 Å². The number of carbonyl (C=O) groups excluding carboxylic acids is 1. The largest absolute Gasteiger partial charge is 0.493 e. The van der Waals surface area contributed by atoms with Crippen LogP contribution in [0.15, 0.2) is 18.2 Å². The Morgan fingerprint density at radius 1 is 1.24 bits per heavy atom. The van der Waals surface area contributed by atoms with E-state index >= 15 is 0 Å². The minimum absolute atomic E-state index is 0. The summed E-state index contributed by atoms with van der Waals surface area (Å²) >= 11 is 0. The first-order valence-corrected chi connectivity index (χ1v) is 9.06. The molecular formula is C19H30ClN3O2. The van der Waals surface area contributed by atoms with Crippen molar-refractivity contribution in [3.05, 3.63) is 29.3 Å². The Labute approximate surface area is 157 Å². The molecule has 0 aromatic heterocycles. The van der Waals surface area contributed by atoms with Crippen LogP contribution in [0.5, 0.6) is 5.75 Å². The van der Waals surface area contributed by atoms with E-state index in [0.717, 1.165) is 57.0 Å². The van der Waals surface area contributed by atoms with Gasteiger partial charge in [-0.05, 0) is 31.9 Å². The second kappa shape index (κ2) is 9.41. The van der Waals surface area contributed by atoms with Crippen LogP contribution in [-0.4, -0.2) is 67.6 Å². The Morgan fingerprint density at radius 2 is 2.00 bits per heavy atom. The number of nitrogens with zero attached hydrogens (tertiary/aromatic N) is 2. The Bertz CT molecular complexity index is 576. The highest BCUT2D eigenvalue weighted by atomic mass is 35.5. The summed E-state index contributed by atoms with van der Waals surface area (Å²) in [7, 11) is 0. The van der Waals surface area contributed by atoms with Gasteiger partial charge in [0.25, 0.3) is 0 Å². The molecule has 2 saturated heterocycles. The van der Waals surface area contributed by atoms with Crippen molar-refractivity contribution in [2.45, 2.75) is 32.7 Å². The highest BCUT2D eigenvalue weighted by Crippen LogP contribution is 2.20. The first-order valence-electron chi connectivity index (χ1n) is 9.06. The predicted octanol–water partition coefficient (Wildman–Crippen LogP) is 2.00. The molecule has 0 bridgehead atoms. The molecular weight excluding hydrogens is 338 g/mol. The number of ether oxygens (including phenoxy) is 1. The highest BCUT2D eigenvalue weighted by Gasteiger charge is 2.30. The molecule has 1 unspecified atom stereocenters. The normalized spacial score (nSPS) is 21.0. The van der Waals surface area contributed by atoms with Crippen LogP contribution in [0.1, 0.15) is 24.0 Å². The number of nitrogens with one attached hydrogen (secondary N) is 1. The molecule has 6 heteroatoms. The van der Waals surface area contributed by atoms with Crippen molar-refractivity contribution >= 4 is 18.3 Å². The summed E-state index contributed by atoms with van der Waals surface area (Å²) in [4.78, 5) is 17.0. The fraction of sp³-hybridized carbons (Fsp3) is 0.632. The van der Waals surface area contributed by atoms with E-state index in [4.69, 9.17) is 4.74 Å². The van der Waals surface area contributed by atoms with E-state index in [0.29, 0.717) is 19.1 Å². The minimum Gasteiger partial charge on any atom is -0.493 e. The van der Waals surface area contributed by atoms with Gasteiger partial charge >= 0.3 is 0 Å². The summed E-state index contributed by atoms with van der Waals surface area (Å²) in [5, 5.41) is 3.38. The monoisotopic (exact) mass is 367 g/mol. The van der Waals surface area contributed by atoms with Crippen LogP contribution in [0, 0.1) is 13.8 Å². The number of piperazine rings is 1. The summed E-state index contributed by atoms with van der Waals surface area (Å²) < 4.78 is 5.80. The Morgan fingerprint density at radius 3 is 2.72 bits per heavy atom. The number of benzene rings is 1. The summed E-state index contributed by atoms with van der Waals surface area (Å²) in [5.41, 5.74) is 2.36. The molecule has 1 N–H and O–H groups in total. The third kappa shape index (κ3) is 5.33. The zero-order valence-electron chi connectivity index (χ0n) is 15.3. The van der Waals surface area contributed by atoms with Crippen molar-refractivity contribution in [1.29, 1.82) is 0 Å². The van der Waals surface area contributed by atoms with Crippen LogP contribution in [-0.2, 0) is 4.79 Å². The van der Waals surface area contributed by atoms with E-state index < -0.39 is 0 Å². The number of rotatable bonds is 5. The topological polar surface area (TPSA) is 44.8 Å². The van der Waals surface area contributed by atoms with Gasteiger partial charge in [-0.15, -0.1) is 12.4 Å². The number of likely N-dealkylation sites (tertiary alicyclic amines) is 1. The minimum atomic E-state index is 0. The molecule has 2 aliphatic heterocycles. The smallest absolute Gasteiger partial charge is 0.226 e. The van der Waals surface area contributed by atoms with Crippen LogP contribution in [0.25, 0.3) is 0 Å². The van der Waals surface area contributed by atoms with Crippen LogP contribution in [0.3, 0.4) is 0 Å². The van der Waals surface area contributed by atoms with Crippen molar-refractivity contribution in [2.24, 2.45) is 0 Å². The van der Waals surface area contributed by atoms with Gasteiger partial charge in [0.05, 0.1) is 13.0 Å². The van der Waals surface area contributed by atoms with Crippen molar-refractivity contribution in [2.75, 3.05) is 45.9 Å². The van der Waals surface area contributed by atoms with Gasteiger partial charge in [-0.2, -0.15) is 0 Å². The number of hydrogen-bond donors (Lipinski definition) is 1. The molecule has 2 aliphatic rings. The molecule has 0 radical (unpaired) electrons. The van der Waals surface area contributed by atoms with Gasteiger partial charge in [0.2, 0.25) is 5.91 Å². The molecule has 3 rings (SSSR count). The van der Waals surface area contributed by atoms with Crippen LogP contribution >= 0.6 is 12.4 Å². The van der Waals surface area contributed by atoms with Crippen molar-refractivity contribution in [3.8, 4) is 5.75 Å². The molecule has 2 fully saturated rings. The SMILES string of the molecule is Cc1ccc(OCCC(=O)N2CCC(N3CCNCC3)C2)c(C)c1.Cl. The van der Waals surface area contributed by atoms with Gasteiger partial charge in [-0.25, -0.2) is 0 Å². The third-order valence-corrected chi connectivity index (χ3v) is 5.09. The van der Waals surface area contributed by atoms with E-state index in [1.54, 1.807) is 0 Å². The quantitative estimate of drug-likeness (QED) is 0.864. The first-order chi connectivity index (χ1) is 11.6. The van der Waals surface area contributed by atoms with E-state index in [1.807, 2.05) is 24.0 Å². The maximum absolute atomic E-state index is 12.4. The maximum atomic E-state index is 12.4. The maximum Gasteiger partial charge on any atom is 0.226 e. The molecule has 0 saturated carbocycles. The highest BCUT2D eigenvalue weighted by molar-refractivity contribution is 5.85. The lowest BCUT2D eigenvalue weighted by atomic mass is 10.1. The second-order valence-corrected chi connectivity index (χ2v) is 6.94. The predicted molar refractivity (Wildman–Crippen MR) is 103 cm³/mol. The molecule has 1 amide bonds. The Hall–Kier alpha value is -1.30. The Kier molecular flexibility index (Phi) is 7.54. The molecule has 5 nitrogen and oxygen atoms in total. The number of carbonyl (C=O) groups is 1. The van der Waals surface area contributed by atoms with Gasteiger partial charge in [0, 0.05) is 45.3 Å². The molecule has 1 aromatic carbocycles. The zero-order chi connectivity index (χ0) is 16.9. The summed E-state index contributed by atoms with van der Waals surface area (Å²) in [6.45, 7) is 10.7. The van der Waals surface area contributed by atoms with Gasteiger partial charge in [-0.1, -0.05) is 17.7 Å². The van der Waals surface area contributed by atoms with Crippen LogP contribution in [0.2, 0.25) is 0 Å². The Balaban J connectivity index is 0.00000225. The lowest BCUT2D eigenvalue weighted by Crippen LogP contribution is -2.49. The average Bonchev–Trinajstić information content (AvgIpc) is 3.08. The fourth-order valence-electron chi connectivity index (χ4n) is 3.68.